The van der Waals surface area contributed by atoms with Crippen molar-refractivity contribution in [1.29, 1.82) is 0 Å². The van der Waals surface area contributed by atoms with Gasteiger partial charge in [0, 0.05) is 26.2 Å². The Morgan fingerprint density at radius 2 is 2.13 bits per heavy atom. The minimum absolute atomic E-state index is 0.122. The maximum Gasteiger partial charge on any atom is 0.0902 e. The van der Waals surface area contributed by atoms with Gasteiger partial charge < -0.3 is 15.0 Å². The predicted molar refractivity (Wildman–Crippen MR) is 62.1 cm³/mol. The number of likely N-dealkylation sites (N-methyl/N-ethyl adjacent to an activating group) is 1. The fourth-order valence-corrected chi connectivity index (χ4v) is 2.23. The van der Waals surface area contributed by atoms with Gasteiger partial charge in [-0.3, -0.25) is 0 Å². The Bertz CT molecular complexity index is 200. The highest BCUT2D eigenvalue weighted by Gasteiger charge is 2.32. The van der Waals surface area contributed by atoms with Crippen LogP contribution in [0.25, 0.3) is 0 Å². The molecule has 2 aliphatic rings. The summed E-state index contributed by atoms with van der Waals surface area (Å²) in [5.41, 5.74) is 0.122. The van der Waals surface area contributed by atoms with E-state index in [0.717, 1.165) is 32.2 Å². The Balaban J connectivity index is 1.52. The van der Waals surface area contributed by atoms with Gasteiger partial charge in [0.05, 0.1) is 12.2 Å². The minimum atomic E-state index is 0.122. The highest BCUT2D eigenvalue weighted by molar-refractivity contribution is 4.90. The number of nitrogens with zero attached hydrogens (tertiary/aromatic N) is 1. The van der Waals surface area contributed by atoms with E-state index in [1.54, 1.807) is 0 Å². The molecule has 2 rings (SSSR count). The van der Waals surface area contributed by atoms with Crippen LogP contribution in [-0.2, 0) is 4.74 Å². The molecule has 0 unspecified atom stereocenters. The Morgan fingerprint density at radius 3 is 2.60 bits per heavy atom. The molecule has 3 nitrogen and oxygen atoms in total. The molecule has 1 heterocycles. The van der Waals surface area contributed by atoms with Crippen LogP contribution in [0.2, 0.25) is 0 Å². The second kappa shape index (κ2) is 4.81. The van der Waals surface area contributed by atoms with E-state index in [-0.39, 0.29) is 5.60 Å². The molecule has 1 saturated carbocycles. The lowest BCUT2D eigenvalue weighted by molar-refractivity contribution is -0.0717. The SMILES string of the molecule is CN(CCOC1(C)CNC1)CC1CCC1. The van der Waals surface area contributed by atoms with Crippen molar-refractivity contribution in [2.75, 3.05) is 39.8 Å². The zero-order valence-electron chi connectivity index (χ0n) is 10.1. The summed E-state index contributed by atoms with van der Waals surface area (Å²) in [5.74, 6) is 0.968. The van der Waals surface area contributed by atoms with Gasteiger partial charge in [0.2, 0.25) is 0 Å². The summed E-state index contributed by atoms with van der Waals surface area (Å²) in [7, 11) is 2.21. The van der Waals surface area contributed by atoms with Crippen molar-refractivity contribution in [3.63, 3.8) is 0 Å². The molecule has 0 amide bonds. The quantitative estimate of drug-likeness (QED) is 0.713. The van der Waals surface area contributed by atoms with Crippen molar-refractivity contribution in [2.45, 2.75) is 31.8 Å². The van der Waals surface area contributed by atoms with Crippen molar-refractivity contribution in [2.24, 2.45) is 5.92 Å². The largest absolute Gasteiger partial charge is 0.371 e. The second-order valence-corrected chi connectivity index (χ2v) is 5.46. The van der Waals surface area contributed by atoms with Crippen molar-refractivity contribution in [3.05, 3.63) is 0 Å². The van der Waals surface area contributed by atoms with Crippen molar-refractivity contribution < 1.29 is 4.74 Å². The van der Waals surface area contributed by atoms with Crippen molar-refractivity contribution >= 4 is 0 Å². The van der Waals surface area contributed by atoms with Crippen LogP contribution in [0.4, 0.5) is 0 Å². The molecule has 0 radical (unpaired) electrons. The highest BCUT2D eigenvalue weighted by Crippen LogP contribution is 2.26. The van der Waals surface area contributed by atoms with Gasteiger partial charge >= 0.3 is 0 Å². The van der Waals surface area contributed by atoms with Crippen molar-refractivity contribution in [1.82, 2.24) is 10.2 Å². The Labute approximate surface area is 93.2 Å². The van der Waals surface area contributed by atoms with Crippen LogP contribution in [0.1, 0.15) is 26.2 Å². The van der Waals surface area contributed by atoms with Gasteiger partial charge in [-0.1, -0.05) is 6.42 Å². The third-order valence-electron chi connectivity index (χ3n) is 3.72. The molecule has 1 saturated heterocycles. The maximum absolute atomic E-state index is 5.87. The molecule has 1 aliphatic carbocycles. The van der Waals surface area contributed by atoms with Crippen molar-refractivity contribution in [3.8, 4) is 0 Å². The molecule has 15 heavy (non-hydrogen) atoms. The first-order valence-electron chi connectivity index (χ1n) is 6.21. The fourth-order valence-electron chi connectivity index (χ4n) is 2.23. The van der Waals surface area contributed by atoms with E-state index in [4.69, 9.17) is 4.74 Å². The van der Waals surface area contributed by atoms with Crippen LogP contribution < -0.4 is 5.32 Å². The van der Waals surface area contributed by atoms with E-state index in [1.807, 2.05) is 0 Å². The standard InChI is InChI=1S/C12H24N2O/c1-12(9-13-10-12)15-7-6-14(2)8-11-4-3-5-11/h11,13H,3-10H2,1-2H3. The number of nitrogens with one attached hydrogen (secondary N) is 1. The number of rotatable bonds is 6. The van der Waals surface area contributed by atoms with Gasteiger partial charge in [0.1, 0.15) is 0 Å². The van der Waals surface area contributed by atoms with E-state index in [9.17, 15) is 0 Å². The summed E-state index contributed by atoms with van der Waals surface area (Å²) in [6.07, 6.45) is 4.32. The normalized spacial score (nSPS) is 25.0. The summed E-state index contributed by atoms with van der Waals surface area (Å²) in [4.78, 5) is 2.42. The molecule has 0 aromatic rings. The van der Waals surface area contributed by atoms with E-state index >= 15 is 0 Å². The molecule has 3 heteroatoms. The summed E-state index contributed by atoms with van der Waals surface area (Å²) >= 11 is 0. The highest BCUT2D eigenvalue weighted by atomic mass is 16.5. The van der Waals surface area contributed by atoms with Gasteiger partial charge in [0.25, 0.3) is 0 Å². The summed E-state index contributed by atoms with van der Waals surface area (Å²) in [6, 6.07) is 0. The van der Waals surface area contributed by atoms with E-state index in [0.29, 0.717) is 0 Å². The topological polar surface area (TPSA) is 24.5 Å². The first-order chi connectivity index (χ1) is 7.18. The van der Waals surface area contributed by atoms with Crippen LogP contribution in [0.5, 0.6) is 0 Å². The molecule has 0 spiro atoms. The van der Waals surface area contributed by atoms with E-state index in [1.165, 1.54) is 25.8 Å². The van der Waals surface area contributed by atoms with Gasteiger partial charge in [-0.2, -0.15) is 0 Å². The zero-order chi connectivity index (χ0) is 10.7. The molecule has 1 N–H and O–H groups in total. The number of ether oxygens (including phenoxy) is 1. The average molecular weight is 212 g/mol. The third-order valence-corrected chi connectivity index (χ3v) is 3.72. The smallest absolute Gasteiger partial charge is 0.0902 e. The Hall–Kier alpha value is -0.120. The monoisotopic (exact) mass is 212 g/mol. The number of hydrogen-bond acceptors (Lipinski definition) is 3. The van der Waals surface area contributed by atoms with Gasteiger partial charge in [0.15, 0.2) is 0 Å². The van der Waals surface area contributed by atoms with Crippen LogP contribution in [0, 0.1) is 5.92 Å². The lowest BCUT2D eigenvalue weighted by Gasteiger charge is -2.39. The van der Waals surface area contributed by atoms with Crippen LogP contribution in [0.3, 0.4) is 0 Å². The maximum atomic E-state index is 5.87. The molecule has 1 aliphatic heterocycles. The molecule has 2 fully saturated rings. The predicted octanol–water partition coefficient (Wildman–Crippen LogP) is 1.10. The third kappa shape index (κ3) is 3.16. The molecule has 0 aromatic carbocycles. The molecule has 88 valence electrons. The van der Waals surface area contributed by atoms with Gasteiger partial charge in [-0.25, -0.2) is 0 Å². The Morgan fingerprint density at radius 1 is 1.40 bits per heavy atom. The summed E-state index contributed by atoms with van der Waals surface area (Å²) in [6.45, 7) is 7.43. The molecule has 0 atom stereocenters. The summed E-state index contributed by atoms with van der Waals surface area (Å²) in [5, 5.41) is 3.25. The Kier molecular flexibility index (Phi) is 3.65. The molecule has 0 bridgehead atoms. The lowest BCUT2D eigenvalue weighted by atomic mass is 9.85. The fraction of sp³-hybridized carbons (Fsp3) is 1.00. The molecular weight excluding hydrogens is 188 g/mol. The number of hydrogen-bond donors (Lipinski definition) is 1. The lowest BCUT2D eigenvalue weighted by Crippen LogP contribution is -2.59. The minimum Gasteiger partial charge on any atom is -0.371 e. The average Bonchev–Trinajstić information content (AvgIpc) is 2.09. The molecule has 0 aromatic heterocycles. The first kappa shape index (κ1) is 11.4. The summed E-state index contributed by atoms with van der Waals surface area (Å²) < 4.78 is 5.87. The zero-order valence-corrected chi connectivity index (χ0v) is 10.1. The van der Waals surface area contributed by atoms with Gasteiger partial charge in [-0.05, 0) is 32.7 Å². The van der Waals surface area contributed by atoms with Crippen LogP contribution >= 0.6 is 0 Å². The van der Waals surface area contributed by atoms with Crippen LogP contribution in [0.15, 0.2) is 0 Å². The van der Waals surface area contributed by atoms with E-state index in [2.05, 4.69) is 24.2 Å². The molecular formula is C12H24N2O. The van der Waals surface area contributed by atoms with Gasteiger partial charge in [-0.15, -0.1) is 0 Å². The van der Waals surface area contributed by atoms with E-state index < -0.39 is 0 Å². The van der Waals surface area contributed by atoms with Crippen LogP contribution in [-0.4, -0.2) is 50.3 Å². The first-order valence-corrected chi connectivity index (χ1v) is 6.21. The second-order valence-electron chi connectivity index (χ2n) is 5.46.